The van der Waals surface area contributed by atoms with Gasteiger partial charge in [0.15, 0.2) is 0 Å². The van der Waals surface area contributed by atoms with Gasteiger partial charge in [-0.3, -0.25) is 4.79 Å². The second kappa shape index (κ2) is 7.74. The van der Waals surface area contributed by atoms with Crippen LogP contribution in [-0.4, -0.2) is 55.1 Å². The van der Waals surface area contributed by atoms with Crippen molar-refractivity contribution in [1.29, 1.82) is 0 Å². The molecule has 1 amide bonds. The lowest BCUT2D eigenvalue weighted by atomic mass is 9.84. The van der Waals surface area contributed by atoms with Crippen LogP contribution in [0.1, 0.15) is 22.5 Å². The molecule has 0 bridgehead atoms. The Hall–Kier alpha value is -2.76. The van der Waals surface area contributed by atoms with Crippen molar-refractivity contribution in [1.82, 2.24) is 9.29 Å². The van der Waals surface area contributed by atoms with Gasteiger partial charge in [0.1, 0.15) is 22.3 Å². The SMILES string of the molecule is CN1C(N)=NC2(c3cc(NC(=O)c4ccc(Cl)cn4)ccc3F)COCCC2S1(=O)=O. The van der Waals surface area contributed by atoms with Crippen molar-refractivity contribution in [3.8, 4) is 0 Å². The predicted molar refractivity (Wildman–Crippen MR) is 113 cm³/mol. The number of pyridine rings is 1. The minimum atomic E-state index is -3.90. The number of anilines is 1. The number of sulfonamides is 1. The van der Waals surface area contributed by atoms with Crippen molar-refractivity contribution in [2.75, 3.05) is 25.6 Å². The van der Waals surface area contributed by atoms with Crippen molar-refractivity contribution < 1.29 is 22.3 Å². The molecule has 2 atom stereocenters. The number of benzene rings is 1. The van der Waals surface area contributed by atoms with Gasteiger partial charge in [0, 0.05) is 31.1 Å². The lowest BCUT2D eigenvalue weighted by Gasteiger charge is -2.45. The van der Waals surface area contributed by atoms with Gasteiger partial charge in [-0.15, -0.1) is 0 Å². The number of nitrogens with zero attached hydrogens (tertiary/aromatic N) is 3. The number of rotatable bonds is 3. The van der Waals surface area contributed by atoms with Crippen molar-refractivity contribution in [2.24, 2.45) is 10.7 Å². The quantitative estimate of drug-likeness (QED) is 0.707. The van der Waals surface area contributed by atoms with E-state index in [2.05, 4.69) is 15.3 Å². The van der Waals surface area contributed by atoms with E-state index in [1.54, 1.807) is 0 Å². The van der Waals surface area contributed by atoms with Crippen molar-refractivity contribution in [2.45, 2.75) is 17.2 Å². The van der Waals surface area contributed by atoms with E-state index in [-0.39, 0.29) is 42.5 Å². The van der Waals surface area contributed by atoms with Crippen LogP contribution in [0.15, 0.2) is 41.5 Å². The first-order chi connectivity index (χ1) is 14.6. The number of ether oxygens (including phenoxy) is 1. The highest BCUT2D eigenvalue weighted by atomic mass is 35.5. The van der Waals surface area contributed by atoms with Crippen molar-refractivity contribution in [3.63, 3.8) is 0 Å². The highest BCUT2D eigenvalue weighted by Crippen LogP contribution is 2.44. The molecular weight excluding hydrogens is 449 g/mol. The largest absolute Gasteiger partial charge is 0.378 e. The molecule has 0 aliphatic carbocycles. The Morgan fingerprint density at radius 3 is 2.87 bits per heavy atom. The van der Waals surface area contributed by atoms with Gasteiger partial charge in [-0.25, -0.2) is 27.1 Å². The fourth-order valence-electron chi connectivity index (χ4n) is 3.80. The number of fused-ring (bicyclic) bond motifs is 1. The number of halogens is 2. The van der Waals surface area contributed by atoms with Crippen LogP contribution < -0.4 is 11.1 Å². The summed E-state index contributed by atoms with van der Waals surface area (Å²) in [5.74, 6) is -1.49. The molecule has 2 aliphatic rings. The number of guanidine groups is 1. The summed E-state index contributed by atoms with van der Waals surface area (Å²) in [6, 6.07) is 6.81. The molecule has 1 fully saturated rings. The zero-order chi connectivity index (χ0) is 22.4. The molecule has 1 aromatic heterocycles. The van der Waals surface area contributed by atoms with E-state index in [0.29, 0.717) is 5.02 Å². The molecule has 1 saturated heterocycles. The molecule has 2 aliphatic heterocycles. The predicted octanol–water partition coefficient (Wildman–Crippen LogP) is 1.70. The Bertz CT molecular complexity index is 1170. The maximum atomic E-state index is 15.0. The molecule has 0 radical (unpaired) electrons. The first-order valence-corrected chi connectivity index (χ1v) is 11.2. The van der Waals surface area contributed by atoms with Gasteiger partial charge in [-0.05, 0) is 36.8 Å². The summed E-state index contributed by atoms with van der Waals surface area (Å²) in [6.07, 6.45) is 1.45. The number of hydrogen-bond acceptors (Lipinski definition) is 7. The van der Waals surface area contributed by atoms with E-state index >= 15 is 0 Å². The van der Waals surface area contributed by atoms with Crippen LogP contribution in [0.3, 0.4) is 0 Å². The molecule has 0 spiro atoms. The van der Waals surface area contributed by atoms with Crippen molar-refractivity contribution in [3.05, 3.63) is 58.6 Å². The third-order valence-electron chi connectivity index (χ3n) is 5.41. The standard InChI is InChI=1S/C19H19ClFN5O4S/c1-26-18(22)25-19(10-30-7-6-16(19)31(26,28)29)13-8-12(3-4-14(13)21)24-17(27)15-5-2-11(20)9-23-15/h2-5,8-9,16H,6-7,10H2,1H3,(H2,22,25)(H,24,27). The van der Waals surface area contributed by atoms with E-state index in [9.17, 15) is 17.6 Å². The van der Waals surface area contributed by atoms with Gasteiger partial charge in [0.25, 0.3) is 5.91 Å². The van der Waals surface area contributed by atoms with E-state index in [1.807, 2.05) is 0 Å². The smallest absolute Gasteiger partial charge is 0.274 e. The average Bonchev–Trinajstić information content (AvgIpc) is 2.74. The first-order valence-electron chi connectivity index (χ1n) is 9.29. The highest BCUT2D eigenvalue weighted by Gasteiger charge is 2.56. The zero-order valence-corrected chi connectivity index (χ0v) is 18.0. The van der Waals surface area contributed by atoms with Gasteiger partial charge >= 0.3 is 0 Å². The van der Waals surface area contributed by atoms with Crippen molar-refractivity contribution >= 4 is 39.2 Å². The minimum absolute atomic E-state index is 0.0290. The monoisotopic (exact) mass is 467 g/mol. The molecule has 1 aromatic carbocycles. The maximum absolute atomic E-state index is 15.0. The topological polar surface area (TPSA) is 127 Å². The second-order valence-electron chi connectivity index (χ2n) is 7.25. The molecule has 31 heavy (non-hydrogen) atoms. The van der Waals surface area contributed by atoms with Gasteiger partial charge < -0.3 is 15.8 Å². The number of hydrogen-bond donors (Lipinski definition) is 2. The number of nitrogens with two attached hydrogens (primary N) is 1. The molecule has 3 heterocycles. The van der Waals surface area contributed by atoms with Crippen LogP contribution in [-0.2, 0) is 20.3 Å². The van der Waals surface area contributed by atoms with E-state index in [1.165, 1.54) is 37.5 Å². The number of amides is 1. The summed E-state index contributed by atoms with van der Waals surface area (Å²) < 4.78 is 47.4. The van der Waals surface area contributed by atoms with Crippen LogP contribution in [0.5, 0.6) is 0 Å². The second-order valence-corrected chi connectivity index (χ2v) is 9.83. The summed E-state index contributed by atoms with van der Waals surface area (Å²) >= 11 is 5.79. The Morgan fingerprint density at radius 1 is 1.39 bits per heavy atom. The summed E-state index contributed by atoms with van der Waals surface area (Å²) in [7, 11) is -2.59. The number of carbonyl (C=O) groups is 1. The van der Waals surface area contributed by atoms with E-state index in [0.717, 1.165) is 10.4 Å². The normalized spacial score (nSPS) is 24.8. The number of carbonyl (C=O) groups excluding carboxylic acids is 1. The Labute approximate surface area is 183 Å². The third kappa shape index (κ3) is 3.62. The number of nitrogens with one attached hydrogen (secondary N) is 1. The maximum Gasteiger partial charge on any atom is 0.274 e. The lowest BCUT2D eigenvalue weighted by Crippen LogP contribution is -2.61. The zero-order valence-electron chi connectivity index (χ0n) is 16.4. The van der Waals surface area contributed by atoms with Crippen LogP contribution >= 0.6 is 11.6 Å². The van der Waals surface area contributed by atoms with Crippen LogP contribution in [0.2, 0.25) is 5.02 Å². The summed E-state index contributed by atoms with van der Waals surface area (Å²) in [6.45, 7) is 0.0215. The third-order valence-corrected chi connectivity index (χ3v) is 7.93. The molecular formula is C19H19ClFN5O4S. The molecule has 2 unspecified atom stereocenters. The molecule has 12 heteroatoms. The molecule has 3 N–H and O–H groups in total. The van der Waals surface area contributed by atoms with Crippen LogP contribution in [0, 0.1) is 5.82 Å². The summed E-state index contributed by atoms with van der Waals surface area (Å²) in [5.41, 5.74) is 4.61. The summed E-state index contributed by atoms with van der Waals surface area (Å²) in [5, 5.41) is 1.94. The average molecular weight is 468 g/mol. The molecule has 2 aromatic rings. The lowest BCUT2D eigenvalue weighted by molar-refractivity contribution is 0.0361. The number of aromatic nitrogens is 1. The molecule has 0 saturated carbocycles. The van der Waals surface area contributed by atoms with Gasteiger partial charge in [0.2, 0.25) is 16.0 Å². The Kier molecular flexibility index (Phi) is 5.36. The fraction of sp³-hybridized carbons (Fsp3) is 0.316. The van der Waals surface area contributed by atoms with Crippen LogP contribution in [0.4, 0.5) is 10.1 Å². The van der Waals surface area contributed by atoms with Gasteiger partial charge in [0.05, 0.1) is 11.6 Å². The molecule has 164 valence electrons. The van der Waals surface area contributed by atoms with E-state index in [4.69, 9.17) is 22.1 Å². The number of aliphatic imine (C=N–C) groups is 1. The highest BCUT2D eigenvalue weighted by molar-refractivity contribution is 7.90. The van der Waals surface area contributed by atoms with E-state index < -0.39 is 32.5 Å². The van der Waals surface area contributed by atoms with Gasteiger partial charge in [-0.2, -0.15) is 0 Å². The molecule has 9 nitrogen and oxygen atoms in total. The Balaban J connectivity index is 1.77. The minimum Gasteiger partial charge on any atom is -0.378 e. The van der Waals surface area contributed by atoms with Gasteiger partial charge in [-0.1, -0.05) is 11.6 Å². The van der Waals surface area contributed by atoms with Crippen LogP contribution in [0.25, 0.3) is 0 Å². The first kappa shape index (κ1) is 21.5. The fourth-order valence-corrected chi connectivity index (χ4v) is 5.73. The Morgan fingerprint density at radius 2 is 2.16 bits per heavy atom. The molecule has 4 rings (SSSR count). The summed E-state index contributed by atoms with van der Waals surface area (Å²) in [4.78, 5) is 20.8.